The number of halogens is 1. The summed E-state index contributed by atoms with van der Waals surface area (Å²) in [6.45, 7) is 3.47. The lowest BCUT2D eigenvalue weighted by molar-refractivity contribution is 0.476. The van der Waals surface area contributed by atoms with Gasteiger partial charge in [0.2, 0.25) is 0 Å². The molecule has 0 amide bonds. The Morgan fingerprint density at radius 3 is 2.40 bits per heavy atom. The van der Waals surface area contributed by atoms with Crippen LogP contribution in [0.5, 0.6) is 0 Å². The first-order valence-electron chi connectivity index (χ1n) is 4.80. The lowest BCUT2D eigenvalue weighted by Gasteiger charge is -1.96. The highest BCUT2D eigenvalue weighted by molar-refractivity contribution is 7.15. The number of hydrogen-bond donors (Lipinski definition) is 0. The molecule has 1 nitrogen and oxygen atoms in total. The van der Waals surface area contributed by atoms with Crippen LogP contribution in [0.3, 0.4) is 0 Å². The molecule has 0 fully saturated rings. The summed E-state index contributed by atoms with van der Waals surface area (Å²) >= 11 is 1.55. The number of rotatable bonds is 2. The van der Waals surface area contributed by atoms with Crippen molar-refractivity contribution < 1.29 is 4.39 Å². The Bertz CT molecular complexity index is 459. The van der Waals surface area contributed by atoms with Crippen molar-refractivity contribution in [1.29, 1.82) is 0 Å². The fourth-order valence-electron chi connectivity index (χ4n) is 1.37. The lowest BCUT2D eigenvalue weighted by atomic mass is 10.2. The molecule has 0 unspecified atom stereocenters. The zero-order chi connectivity index (χ0) is 10.8. The molecule has 0 N–H and O–H groups in total. The zero-order valence-electron chi connectivity index (χ0n) is 8.75. The third kappa shape index (κ3) is 2.07. The molecular weight excluding hydrogens is 209 g/mol. The highest BCUT2D eigenvalue weighted by Crippen LogP contribution is 2.28. The first kappa shape index (κ1) is 10.3. The third-order valence-electron chi connectivity index (χ3n) is 2.32. The molecule has 0 bridgehead atoms. The number of aromatic nitrogens is 1. The highest BCUT2D eigenvalue weighted by Gasteiger charge is 2.08. The summed E-state index contributed by atoms with van der Waals surface area (Å²) in [5, 5.41) is 0.903. The molecule has 0 aliphatic rings. The standard InChI is InChI=1S/C12H12FNS/c1-8-3-5-10(6-4-8)12-14-11(7-13)9(2)15-12/h3-6H,7H2,1-2H3. The molecule has 78 valence electrons. The van der Waals surface area contributed by atoms with E-state index in [-0.39, 0.29) is 0 Å². The summed E-state index contributed by atoms with van der Waals surface area (Å²) in [5.41, 5.74) is 2.85. The van der Waals surface area contributed by atoms with Gasteiger partial charge in [0.25, 0.3) is 0 Å². The van der Waals surface area contributed by atoms with Gasteiger partial charge in [0, 0.05) is 10.4 Å². The molecule has 2 aromatic rings. The largest absolute Gasteiger partial charge is 0.244 e. The van der Waals surface area contributed by atoms with Gasteiger partial charge >= 0.3 is 0 Å². The van der Waals surface area contributed by atoms with E-state index in [1.54, 1.807) is 11.3 Å². The van der Waals surface area contributed by atoms with E-state index in [0.717, 1.165) is 15.4 Å². The van der Waals surface area contributed by atoms with Gasteiger partial charge in [-0.05, 0) is 13.8 Å². The maximum atomic E-state index is 12.5. The maximum absolute atomic E-state index is 12.5. The number of benzene rings is 1. The molecule has 1 aromatic carbocycles. The summed E-state index contributed by atoms with van der Waals surface area (Å²) in [6.07, 6.45) is 0. The Labute approximate surface area is 92.6 Å². The van der Waals surface area contributed by atoms with E-state index in [1.807, 2.05) is 38.1 Å². The van der Waals surface area contributed by atoms with E-state index in [2.05, 4.69) is 4.98 Å². The average molecular weight is 221 g/mol. The minimum atomic E-state index is -0.478. The predicted molar refractivity (Wildman–Crippen MR) is 61.8 cm³/mol. The van der Waals surface area contributed by atoms with Gasteiger partial charge in [0.05, 0.1) is 5.69 Å². The van der Waals surface area contributed by atoms with Crippen molar-refractivity contribution in [2.75, 3.05) is 0 Å². The second-order valence-corrected chi connectivity index (χ2v) is 4.72. The molecule has 0 aliphatic heterocycles. The van der Waals surface area contributed by atoms with Crippen LogP contribution in [-0.4, -0.2) is 4.98 Å². The first-order chi connectivity index (χ1) is 7.20. The van der Waals surface area contributed by atoms with Gasteiger partial charge in [-0.25, -0.2) is 9.37 Å². The van der Waals surface area contributed by atoms with E-state index in [1.165, 1.54) is 5.56 Å². The Hall–Kier alpha value is -1.22. The maximum Gasteiger partial charge on any atom is 0.133 e. The van der Waals surface area contributed by atoms with E-state index in [4.69, 9.17) is 0 Å². The number of hydrogen-bond acceptors (Lipinski definition) is 2. The number of alkyl halides is 1. The SMILES string of the molecule is Cc1ccc(-c2nc(CF)c(C)s2)cc1. The molecule has 0 saturated carbocycles. The van der Waals surface area contributed by atoms with Gasteiger partial charge in [0.1, 0.15) is 11.7 Å². The molecule has 0 saturated heterocycles. The van der Waals surface area contributed by atoms with Gasteiger partial charge < -0.3 is 0 Å². The predicted octanol–water partition coefficient (Wildman–Crippen LogP) is 3.90. The van der Waals surface area contributed by atoms with E-state index >= 15 is 0 Å². The van der Waals surface area contributed by atoms with E-state index < -0.39 is 6.67 Å². The molecule has 2 rings (SSSR count). The fourth-order valence-corrected chi connectivity index (χ4v) is 2.29. The molecule has 0 spiro atoms. The van der Waals surface area contributed by atoms with Crippen LogP contribution in [0.25, 0.3) is 10.6 Å². The highest BCUT2D eigenvalue weighted by atomic mass is 32.1. The van der Waals surface area contributed by atoms with E-state index in [9.17, 15) is 4.39 Å². The molecular formula is C12H12FNS. The van der Waals surface area contributed by atoms with Gasteiger partial charge in [0.15, 0.2) is 0 Å². The molecule has 3 heteroatoms. The van der Waals surface area contributed by atoms with Crippen LogP contribution in [0.1, 0.15) is 16.1 Å². The fraction of sp³-hybridized carbons (Fsp3) is 0.250. The quantitative estimate of drug-likeness (QED) is 0.749. The van der Waals surface area contributed by atoms with Crippen LogP contribution in [0.2, 0.25) is 0 Å². The minimum absolute atomic E-state index is 0.478. The Morgan fingerprint density at radius 2 is 1.87 bits per heavy atom. The van der Waals surface area contributed by atoms with Crippen LogP contribution in [0.15, 0.2) is 24.3 Å². The van der Waals surface area contributed by atoms with Crippen molar-refractivity contribution in [2.24, 2.45) is 0 Å². The molecule has 15 heavy (non-hydrogen) atoms. The van der Waals surface area contributed by atoms with Crippen LogP contribution in [0, 0.1) is 13.8 Å². The summed E-state index contributed by atoms with van der Waals surface area (Å²) in [7, 11) is 0. The summed E-state index contributed by atoms with van der Waals surface area (Å²) in [4.78, 5) is 5.24. The van der Waals surface area contributed by atoms with Gasteiger partial charge in [-0.1, -0.05) is 29.8 Å². The monoisotopic (exact) mass is 221 g/mol. The van der Waals surface area contributed by atoms with Crippen molar-refractivity contribution in [3.8, 4) is 10.6 Å². The molecule has 0 aliphatic carbocycles. The second-order valence-electron chi connectivity index (χ2n) is 3.52. The second kappa shape index (κ2) is 4.11. The van der Waals surface area contributed by atoms with Crippen molar-refractivity contribution >= 4 is 11.3 Å². The van der Waals surface area contributed by atoms with Gasteiger partial charge in [-0.3, -0.25) is 0 Å². The zero-order valence-corrected chi connectivity index (χ0v) is 9.57. The normalized spacial score (nSPS) is 10.6. The van der Waals surface area contributed by atoms with Crippen LogP contribution >= 0.6 is 11.3 Å². The lowest BCUT2D eigenvalue weighted by Crippen LogP contribution is -1.81. The number of aryl methyl sites for hydroxylation is 2. The summed E-state index contributed by atoms with van der Waals surface area (Å²) in [6, 6.07) is 8.13. The van der Waals surface area contributed by atoms with Crippen molar-refractivity contribution in [1.82, 2.24) is 4.98 Å². The third-order valence-corrected chi connectivity index (χ3v) is 3.38. The Balaban J connectivity index is 2.41. The van der Waals surface area contributed by atoms with Crippen LogP contribution in [0.4, 0.5) is 4.39 Å². The Kier molecular flexibility index (Phi) is 2.82. The Morgan fingerprint density at radius 1 is 1.20 bits per heavy atom. The topological polar surface area (TPSA) is 12.9 Å². The van der Waals surface area contributed by atoms with Crippen LogP contribution < -0.4 is 0 Å². The smallest absolute Gasteiger partial charge is 0.133 e. The van der Waals surface area contributed by atoms with E-state index in [0.29, 0.717) is 5.69 Å². The number of thiazole rings is 1. The van der Waals surface area contributed by atoms with Crippen LogP contribution in [-0.2, 0) is 6.67 Å². The van der Waals surface area contributed by atoms with Gasteiger partial charge in [-0.2, -0.15) is 0 Å². The average Bonchev–Trinajstić information content (AvgIpc) is 2.61. The molecule has 0 atom stereocenters. The summed E-state index contributed by atoms with van der Waals surface area (Å²) in [5.74, 6) is 0. The van der Waals surface area contributed by atoms with Crippen molar-refractivity contribution in [2.45, 2.75) is 20.5 Å². The molecule has 1 aromatic heterocycles. The first-order valence-corrected chi connectivity index (χ1v) is 5.61. The van der Waals surface area contributed by atoms with Gasteiger partial charge in [-0.15, -0.1) is 11.3 Å². The minimum Gasteiger partial charge on any atom is -0.244 e. The number of nitrogens with zero attached hydrogens (tertiary/aromatic N) is 1. The molecule has 1 heterocycles. The summed E-state index contributed by atoms with van der Waals surface area (Å²) < 4.78 is 12.5. The van der Waals surface area contributed by atoms with Crippen molar-refractivity contribution in [3.05, 3.63) is 40.4 Å². The molecule has 0 radical (unpaired) electrons. The van der Waals surface area contributed by atoms with Crippen molar-refractivity contribution in [3.63, 3.8) is 0 Å².